The quantitative estimate of drug-likeness (QED) is 0.587. The molecule has 0 radical (unpaired) electrons. The van der Waals surface area contributed by atoms with E-state index in [2.05, 4.69) is 15.2 Å². The number of esters is 2. The molecule has 2 N–H and O–H groups in total. The number of nitrogens with zero attached hydrogens (tertiary/aromatic N) is 1. The van der Waals surface area contributed by atoms with E-state index < -0.39 is 48.2 Å². The van der Waals surface area contributed by atoms with Crippen LogP contribution in [0.25, 0.3) is 10.8 Å². The van der Waals surface area contributed by atoms with Gasteiger partial charge in [0.2, 0.25) is 0 Å². The van der Waals surface area contributed by atoms with Crippen LogP contribution in [0.3, 0.4) is 0 Å². The predicted molar refractivity (Wildman–Crippen MR) is 103 cm³/mol. The molecule has 0 spiro atoms. The number of benzene rings is 1. The first-order valence-corrected chi connectivity index (χ1v) is 9.03. The highest BCUT2D eigenvalue weighted by Crippen LogP contribution is 2.09. The molecular formula is C19H23N3O7. The van der Waals surface area contributed by atoms with Gasteiger partial charge in [0.15, 0.2) is 6.61 Å². The lowest BCUT2D eigenvalue weighted by molar-refractivity contribution is -0.151. The summed E-state index contributed by atoms with van der Waals surface area (Å²) in [6.07, 6.45) is 0.623. The highest BCUT2D eigenvalue weighted by molar-refractivity contribution is 5.86. The van der Waals surface area contributed by atoms with Crippen LogP contribution in [0.1, 0.15) is 20.3 Å². The van der Waals surface area contributed by atoms with Crippen molar-refractivity contribution in [3.63, 3.8) is 0 Å². The van der Waals surface area contributed by atoms with Gasteiger partial charge in [-0.25, -0.2) is 9.48 Å². The summed E-state index contributed by atoms with van der Waals surface area (Å²) in [7, 11) is 1.21. The van der Waals surface area contributed by atoms with E-state index in [4.69, 9.17) is 4.74 Å². The number of rotatable bonds is 8. The van der Waals surface area contributed by atoms with Crippen molar-refractivity contribution in [2.75, 3.05) is 13.7 Å². The van der Waals surface area contributed by atoms with Crippen LogP contribution in [0, 0.1) is 5.92 Å². The highest BCUT2D eigenvalue weighted by atomic mass is 16.5. The number of carbonyl (C=O) groups is 3. The number of hydrogen-bond acceptors (Lipinski definition) is 7. The van der Waals surface area contributed by atoms with Gasteiger partial charge in [-0.05, 0) is 18.1 Å². The molecule has 10 nitrogen and oxygen atoms in total. The van der Waals surface area contributed by atoms with Crippen molar-refractivity contribution >= 4 is 28.6 Å². The zero-order chi connectivity index (χ0) is 21.6. The molecule has 0 aliphatic heterocycles. The molecule has 2 atom stereocenters. The molecule has 29 heavy (non-hydrogen) atoms. The maximum Gasteiger partial charge on any atom is 0.328 e. The number of nitrogens with one attached hydrogen (secondary N) is 2. The molecule has 0 saturated heterocycles. The van der Waals surface area contributed by atoms with Crippen molar-refractivity contribution in [1.82, 2.24) is 15.1 Å². The number of hydrogen-bond donors (Lipinski definition) is 2. The summed E-state index contributed by atoms with van der Waals surface area (Å²) in [4.78, 5) is 60.2. The standard InChI is InChI=1S/C19H23N3O7/c1-4-11(2)16(19(27)28-3)20-14(23)10-29-15(24)9-22-18(26)13-8-6-5-7-12(13)17(25)21-22/h5-8,11,16H,4,9-10H2,1-3H3,(H,20,23)(H,21,25)/t11-,16-/m1/s1. The summed E-state index contributed by atoms with van der Waals surface area (Å²) >= 11 is 0. The van der Waals surface area contributed by atoms with Crippen LogP contribution in [-0.2, 0) is 30.4 Å². The fourth-order valence-corrected chi connectivity index (χ4v) is 2.69. The Bertz CT molecular complexity index is 1020. The molecule has 0 bridgehead atoms. The number of aromatic amines is 1. The SMILES string of the molecule is CC[C@@H](C)[C@@H](NC(=O)COC(=O)Cn1[nH]c(=O)c2ccccc2c1=O)C(=O)OC. The molecule has 1 amide bonds. The molecule has 1 aromatic carbocycles. The van der Waals surface area contributed by atoms with Gasteiger partial charge in [-0.2, -0.15) is 0 Å². The number of methoxy groups -OCH3 is 1. The molecule has 1 aromatic heterocycles. The average Bonchev–Trinajstić information content (AvgIpc) is 2.73. The second kappa shape index (κ2) is 9.67. The van der Waals surface area contributed by atoms with Gasteiger partial charge >= 0.3 is 11.9 Å². The molecule has 0 aliphatic carbocycles. The third-order valence-electron chi connectivity index (χ3n) is 4.52. The topological polar surface area (TPSA) is 137 Å². The van der Waals surface area contributed by atoms with Crippen LogP contribution >= 0.6 is 0 Å². The minimum Gasteiger partial charge on any atom is -0.467 e. The summed E-state index contributed by atoms with van der Waals surface area (Å²) in [6.45, 7) is 2.42. The summed E-state index contributed by atoms with van der Waals surface area (Å²) in [5.41, 5.74) is -1.09. The van der Waals surface area contributed by atoms with Crippen LogP contribution in [0.5, 0.6) is 0 Å². The molecule has 0 unspecified atom stereocenters. The minimum atomic E-state index is -0.897. The Morgan fingerprint density at radius 3 is 2.45 bits per heavy atom. The Morgan fingerprint density at radius 1 is 1.17 bits per heavy atom. The Hall–Kier alpha value is -3.43. The van der Waals surface area contributed by atoms with Crippen molar-refractivity contribution in [1.29, 1.82) is 0 Å². The Balaban J connectivity index is 2.01. The minimum absolute atomic E-state index is 0.163. The largest absolute Gasteiger partial charge is 0.467 e. The first-order chi connectivity index (χ1) is 13.8. The fourth-order valence-electron chi connectivity index (χ4n) is 2.69. The lowest BCUT2D eigenvalue weighted by Gasteiger charge is -2.21. The molecule has 0 aliphatic rings. The zero-order valence-electron chi connectivity index (χ0n) is 16.4. The average molecular weight is 405 g/mol. The Morgan fingerprint density at radius 2 is 1.83 bits per heavy atom. The number of aromatic nitrogens is 2. The Kier molecular flexibility index (Phi) is 7.29. The molecule has 0 saturated carbocycles. The first kappa shape index (κ1) is 21.9. The van der Waals surface area contributed by atoms with Crippen molar-refractivity contribution < 1.29 is 23.9 Å². The van der Waals surface area contributed by atoms with Gasteiger partial charge < -0.3 is 14.8 Å². The van der Waals surface area contributed by atoms with Gasteiger partial charge in [0, 0.05) is 0 Å². The number of amides is 1. The molecule has 0 fully saturated rings. The van der Waals surface area contributed by atoms with E-state index in [1.807, 2.05) is 6.92 Å². The van der Waals surface area contributed by atoms with Gasteiger partial charge in [0.1, 0.15) is 12.6 Å². The third-order valence-corrected chi connectivity index (χ3v) is 4.52. The van der Waals surface area contributed by atoms with Crippen molar-refractivity contribution in [3.05, 3.63) is 45.0 Å². The summed E-state index contributed by atoms with van der Waals surface area (Å²) in [5.74, 6) is -2.36. The van der Waals surface area contributed by atoms with E-state index >= 15 is 0 Å². The molecule has 2 rings (SSSR count). The molecule has 1 heterocycles. The lowest BCUT2D eigenvalue weighted by Crippen LogP contribution is -2.47. The lowest BCUT2D eigenvalue weighted by atomic mass is 9.99. The molecule has 10 heteroatoms. The van der Waals surface area contributed by atoms with Crippen LogP contribution in [0.15, 0.2) is 33.9 Å². The maximum absolute atomic E-state index is 12.4. The van der Waals surface area contributed by atoms with Crippen molar-refractivity contribution in [3.8, 4) is 0 Å². The van der Waals surface area contributed by atoms with Gasteiger partial charge in [0.05, 0.1) is 17.9 Å². The van der Waals surface area contributed by atoms with E-state index in [0.717, 1.165) is 4.68 Å². The molecular weight excluding hydrogens is 382 g/mol. The number of carbonyl (C=O) groups excluding carboxylic acids is 3. The third kappa shape index (κ3) is 5.31. The predicted octanol–water partition coefficient (Wildman–Crippen LogP) is -0.0631. The summed E-state index contributed by atoms with van der Waals surface area (Å²) in [6, 6.07) is 5.33. The number of H-pyrrole nitrogens is 1. The van der Waals surface area contributed by atoms with E-state index in [0.29, 0.717) is 6.42 Å². The molecule has 2 aromatic rings. The van der Waals surface area contributed by atoms with Crippen molar-refractivity contribution in [2.24, 2.45) is 5.92 Å². The summed E-state index contributed by atoms with van der Waals surface area (Å²) in [5, 5.41) is 5.14. The normalized spacial score (nSPS) is 12.8. The maximum atomic E-state index is 12.4. The van der Waals surface area contributed by atoms with E-state index in [1.165, 1.54) is 19.2 Å². The van der Waals surface area contributed by atoms with Gasteiger partial charge in [-0.15, -0.1) is 0 Å². The zero-order valence-corrected chi connectivity index (χ0v) is 16.4. The fraction of sp³-hybridized carbons (Fsp3) is 0.421. The van der Waals surface area contributed by atoms with Gasteiger partial charge in [0.25, 0.3) is 17.0 Å². The van der Waals surface area contributed by atoms with Gasteiger partial charge in [-0.1, -0.05) is 32.4 Å². The highest BCUT2D eigenvalue weighted by Gasteiger charge is 2.27. The summed E-state index contributed by atoms with van der Waals surface area (Å²) < 4.78 is 10.3. The number of ether oxygens (including phenoxy) is 2. The van der Waals surface area contributed by atoms with E-state index in [1.54, 1.807) is 19.1 Å². The van der Waals surface area contributed by atoms with Crippen LogP contribution < -0.4 is 16.4 Å². The van der Waals surface area contributed by atoms with Crippen LogP contribution in [-0.4, -0.2) is 47.4 Å². The van der Waals surface area contributed by atoms with Gasteiger partial charge in [-0.3, -0.25) is 24.3 Å². The first-order valence-electron chi connectivity index (χ1n) is 9.03. The second-order valence-corrected chi connectivity index (χ2v) is 6.49. The Labute approximate surface area is 165 Å². The van der Waals surface area contributed by atoms with Crippen LogP contribution in [0.2, 0.25) is 0 Å². The van der Waals surface area contributed by atoms with Crippen LogP contribution in [0.4, 0.5) is 0 Å². The molecule has 156 valence electrons. The number of fused-ring (bicyclic) bond motifs is 1. The monoisotopic (exact) mass is 405 g/mol. The second-order valence-electron chi connectivity index (χ2n) is 6.49. The van der Waals surface area contributed by atoms with E-state index in [-0.39, 0.29) is 16.7 Å². The van der Waals surface area contributed by atoms with E-state index in [9.17, 15) is 24.0 Å². The van der Waals surface area contributed by atoms with Crippen molar-refractivity contribution in [2.45, 2.75) is 32.9 Å². The smallest absolute Gasteiger partial charge is 0.328 e.